The molecule has 7 N–H and O–H groups in total. The Kier molecular flexibility index (Phi) is 24.5. The van der Waals surface area contributed by atoms with E-state index < -0.39 is 18.1 Å². The molecule has 0 saturated heterocycles. The molecule has 15 rings (SSSR count). The number of benzene rings is 6. The maximum Gasteiger partial charge on any atom is 0.250 e. The first-order chi connectivity index (χ1) is 51.8. The summed E-state index contributed by atoms with van der Waals surface area (Å²) in [5.74, 6) is 1.53. The van der Waals surface area contributed by atoms with Crippen molar-refractivity contribution in [1.29, 1.82) is 0 Å². The van der Waals surface area contributed by atoms with Crippen LogP contribution in [-0.2, 0) is 75.8 Å². The first kappa shape index (κ1) is 75.1. The van der Waals surface area contributed by atoms with Crippen molar-refractivity contribution in [2.75, 3.05) is 35.8 Å². The van der Waals surface area contributed by atoms with Gasteiger partial charge >= 0.3 is 0 Å². The molecule has 3 aliphatic heterocycles. The van der Waals surface area contributed by atoms with E-state index in [9.17, 15) is 24.0 Å². The van der Waals surface area contributed by atoms with Gasteiger partial charge < -0.3 is 46.4 Å². The molecule has 538 valence electrons. The number of aliphatic imine (C=N–C) groups is 2. The highest BCUT2D eigenvalue weighted by molar-refractivity contribution is 9.10. The van der Waals surface area contributed by atoms with Gasteiger partial charge in [-0.25, -0.2) is 19.9 Å². The van der Waals surface area contributed by atoms with E-state index in [0.29, 0.717) is 55.6 Å². The lowest BCUT2D eigenvalue weighted by molar-refractivity contribution is -0.125. The quantitative estimate of drug-likeness (QED) is 0.0366. The number of anilines is 4. The Balaban J connectivity index is 0.000000145. The molecule has 5 amide bonds. The highest BCUT2D eigenvalue weighted by Crippen LogP contribution is 2.30. The van der Waals surface area contributed by atoms with E-state index in [1.54, 1.807) is 66.9 Å². The summed E-state index contributed by atoms with van der Waals surface area (Å²) >= 11 is 10.0. The number of aromatic nitrogens is 6. The van der Waals surface area contributed by atoms with Crippen LogP contribution in [0.15, 0.2) is 262 Å². The molecule has 0 bridgehead atoms. The molecule has 23 heteroatoms. The van der Waals surface area contributed by atoms with Gasteiger partial charge in [-0.3, -0.25) is 34.0 Å². The number of pyridine rings is 4. The fraction of sp³-hybridized carbons (Fsp3) is 0.155. The Morgan fingerprint density at radius 2 is 0.860 bits per heavy atom. The average molecular weight is 1620 g/mol. The summed E-state index contributed by atoms with van der Waals surface area (Å²) in [7, 11) is 7.60. The van der Waals surface area contributed by atoms with Crippen LogP contribution in [0.5, 0.6) is 0 Å². The third kappa shape index (κ3) is 18.9. The molecular weight excluding hydrogens is 1540 g/mol. The molecule has 0 fully saturated rings. The number of nitrogens with one attached hydrogen (secondary N) is 3. The molecule has 9 heterocycles. The summed E-state index contributed by atoms with van der Waals surface area (Å²) in [6, 6.07) is 62.1. The van der Waals surface area contributed by atoms with E-state index in [4.69, 9.17) is 21.5 Å². The van der Waals surface area contributed by atoms with Gasteiger partial charge in [0.2, 0.25) is 17.7 Å². The van der Waals surface area contributed by atoms with Gasteiger partial charge in [-0.15, -0.1) is 0 Å². The monoisotopic (exact) mass is 1610 g/mol. The van der Waals surface area contributed by atoms with Crippen molar-refractivity contribution in [1.82, 2.24) is 38.9 Å². The largest absolute Gasteiger partial charge is 0.383 e. The van der Waals surface area contributed by atoms with E-state index in [1.807, 2.05) is 184 Å². The standard InChI is InChI=1S/C35H31N5O2.C22H23N5O2.C21H16BrN3O.C6H6Br2N2/c1-39-22-28(29-15-9-10-16-31(29)39)23-40(2)32(41)18-17-24-19-27-20-30(35(42)38-34(27)36-21-24)37-33(25-11-5-3-6-12-25)26-13-7-4-8-14-26;1-26-12-16(17-5-3-4-6-19(17)26)13-27(2)20(28)8-7-14-9-15-10-18(23)22(29)25-21(15)24-11-14;22-17-11-16-12-18(21(26)25-20(16)23-13-17)24-19(14-7-3-1-4-8-14)15-9-5-2-6-10-15;7-2-4-1-5(8)3-10-6(4)9/h3-19,21-22,30H,20,23H2,1-2H3,(H,36,38,42);3-9,11-12,18H,10,13,23H2,1-2H3,(H,24,25,29);1-11,13,18H,12H2,(H,23,25,26);1,3H,2H2,(H2,9,10)/b18-17+;8-7+;;. The molecular formula is C84H76Br3N15O5. The molecule has 3 aliphatic rings. The SMILES string of the molecule is CN(Cc1cn(C)c2ccccc12)C(=O)/C=C/c1cnc2c(c1)CC(N)C(=O)N2.CN(Cc1cn(C)c2ccccc12)C(=O)/C=C/c1cnc2c(c1)CC(N=C(c1ccccc1)c1ccccc1)C(=O)N2.Nc1ncc(Br)cc1CBr.O=C1Nc2ncc(Br)cc2CC1N=C(c1ccccc1)c1ccccc1. The number of hydrogen-bond acceptors (Lipinski definition) is 13. The van der Waals surface area contributed by atoms with Gasteiger partial charge in [0, 0.05) is 174 Å². The lowest BCUT2D eigenvalue weighted by atomic mass is 9.98. The van der Waals surface area contributed by atoms with Gasteiger partial charge in [0.05, 0.1) is 17.5 Å². The molecule has 0 saturated carbocycles. The van der Waals surface area contributed by atoms with Crippen LogP contribution in [-0.4, -0.2) is 112 Å². The number of rotatable bonds is 15. The Morgan fingerprint density at radius 1 is 0.495 bits per heavy atom. The van der Waals surface area contributed by atoms with Crippen LogP contribution >= 0.6 is 47.8 Å². The predicted molar refractivity (Wildman–Crippen MR) is 436 cm³/mol. The van der Waals surface area contributed by atoms with Crippen LogP contribution in [0, 0.1) is 0 Å². The molecule has 0 spiro atoms. The minimum absolute atomic E-state index is 0.0966. The molecule has 3 atom stereocenters. The number of carbonyl (C=O) groups is 5. The smallest absolute Gasteiger partial charge is 0.250 e. The van der Waals surface area contributed by atoms with Crippen molar-refractivity contribution < 1.29 is 24.0 Å². The van der Waals surface area contributed by atoms with Gasteiger partial charge in [0.25, 0.3) is 11.8 Å². The topological polar surface area (TPSA) is 266 Å². The number of fused-ring (bicyclic) bond motifs is 5. The number of alkyl halides is 1. The third-order valence-corrected chi connectivity index (χ3v) is 19.5. The average Bonchev–Trinajstić information content (AvgIpc) is 1.27. The zero-order valence-electron chi connectivity index (χ0n) is 59.0. The summed E-state index contributed by atoms with van der Waals surface area (Å²) in [5.41, 5.74) is 26.6. The van der Waals surface area contributed by atoms with E-state index >= 15 is 0 Å². The van der Waals surface area contributed by atoms with Gasteiger partial charge in [-0.1, -0.05) is 174 Å². The minimum atomic E-state index is -0.609. The maximum absolute atomic E-state index is 13.0. The number of carbonyl (C=O) groups excluding carboxylic acids is 5. The number of hydrogen-bond donors (Lipinski definition) is 5. The van der Waals surface area contributed by atoms with E-state index in [-0.39, 0.29) is 29.5 Å². The number of amides is 5. The third-order valence-electron chi connectivity index (χ3n) is 18.1. The molecule has 20 nitrogen and oxygen atoms in total. The van der Waals surface area contributed by atoms with Crippen LogP contribution in [0.3, 0.4) is 0 Å². The molecule has 12 aromatic rings. The van der Waals surface area contributed by atoms with E-state index in [2.05, 4.69) is 129 Å². The van der Waals surface area contributed by atoms with Crippen molar-refractivity contribution in [3.05, 3.63) is 319 Å². The lowest BCUT2D eigenvalue weighted by Crippen LogP contribution is -2.41. The van der Waals surface area contributed by atoms with Crippen LogP contribution in [0.2, 0.25) is 0 Å². The second-order valence-electron chi connectivity index (χ2n) is 25.8. The Labute approximate surface area is 644 Å². The molecule has 107 heavy (non-hydrogen) atoms. The van der Waals surface area contributed by atoms with Crippen molar-refractivity contribution in [3.63, 3.8) is 0 Å². The predicted octanol–water partition coefficient (Wildman–Crippen LogP) is 14.3. The van der Waals surface area contributed by atoms with Crippen LogP contribution in [0.1, 0.15) is 66.8 Å². The zero-order chi connectivity index (χ0) is 75.1. The fourth-order valence-electron chi connectivity index (χ4n) is 12.6. The first-order valence-electron chi connectivity index (χ1n) is 34.4. The van der Waals surface area contributed by atoms with E-state index in [1.165, 1.54) is 6.08 Å². The summed E-state index contributed by atoms with van der Waals surface area (Å²) in [5, 5.41) is 11.5. The van der Waals surface area contributed by atoms with Crippen molar-refractivity contribution in [2.24, 2.45) is 29.8 Å². The Bertz CT molecular complexity index is 5300. The molecule has 0 aliphatic carbocycles. The molecule has 6 aromatic carbocycles. The lowest BCUT2D eigenvalue weighted by Gasteiger charge is -2.22. The van der Waals surface area contributed by atoms with Crippen LogP contribution < -0.4 is 27.4 Å². The summed E-state index contributed by atoms with van der Waals surface area (Å²) in [6.07, 6.45) is 18.8. The number of para-hydroxylation sites is 2. The Hall–Kier alpha value is -11.6. The summed E-state index contributed by atoms with van der Waals surface area (Å²) in [4.78, 5) is 92.9. The number of halogens is 3. The van der Waals surface area contributed by atoms with Crippen LogP contribution in [0.25, 0.3) is 34.0 Å². The summed E-state index contributed by atoms with van der Waals surface area (Å²) < 4.78 is 6.00. The van der Waals surface area contributed by atoms with Crippen molar-refractivity contribution in [2.45, 2.75) is 55.8 Å². The molecule has 6 aromatic heterocycles. The number of likely N-dealkylation sites (N-methyl/N-ethyl adjacent to an activating group) is 2. The number of aryl methyl sites for hydroxylation is 2. The van der Waals surface area contributed by atoms with Gasteiger partial charge in [-0.05, 0) is 119 Å². The highest BCUT2D eigenvalue weighted by Gasteiger charge is 2.30. The van der Waals surface area contributed by atoms with Gasteiger partial charge in [0.15, 0.2) is 0 Å². The normalized spacial score (nSPS) is 14.8. The Morgan fingerprint density at radius 3 is 1.28 bits per heavy atom. The maximum atomic E-state index is 13.0. The van der Waals surface area contributed by atoms with Crippen LogP contribution in [0.4, 0.5) is 23.3 Å². The molecule has 3 unspecified atom stereocenters. The zero-order valence-corrected chi connectivity index (χ0v) is 63.8. The van der Waals surface area contributed by atoms with Gasteiger partial charge in [-0.2, -0.15) is 0 Å². The second-order valence-corrected chi connectivity index (χ2v) is 28.2. The number of nitrogens with two attached hydrogens (primary N) is 2. The van der Waals surface area contributed by atoms with Gasteiger partial charge in [0.1, 0.15) is 35.4 Å². The second kappa shape index (κ2) is 35.0. The number of nitrogen functional groups attached to an aromatic ring is 1. The first-order valence-corrected chi connectivity index (χ1v) is 37.1. The summed E-state index contributed by atoms with van der Waals surface area (Å²) in [6.45, 7) is 1.03. The van der Waals surface area contributed by atoms with Crippen molar-refractivity contribution >= 4 is 146 Å². The van der Waals surface area contributed by atoms with Crippen molar-refractivity contribution in [3.8, 4) is 0 Å². The highest BCUT2D eigenvalue weighted by atomic mass is 79.9. The minimum Gasteiger partial charge on any atom is -0.383 e. The number of nitrogens with zero attached hydrogens (tertiary/aromatic N) is 10. The molecule has 0 radical (unpaired) electrons. The fourth-order valence-corrected chi connectivity index (χ4v) is 13.8. The van der Waals surface area contributed by atoms with E-state index in [0.717, 1.165) is 114 Å².